The van der Waals surface area contributed by atoms with Crippen molar-refractivity contribution in [2.24, 2.45) is 0 Å². The maximum absolute atomic E-state index is 11.9. The van der Waals surface area contributed by atoms with Gasteiger partial charge in [0.15, 0.2) is 5.82 Å². The van der Waals surface area contributed by atoms with Crippen molar-refractivity contribution < 1.29 is 9.32 Å². The summed E-state index contributed by atoms with van der Waals surface area (Å²) in [5.74, 6) is -0.585. The maximum atomic E-state index is 11.9. The molecule has 2 aromatic rings. The first kappa shape index (κ1) is 15.9. The van der Waals surface area contributed by atoms with Crippen LogP contribution in [-0.2, 0) is 11.3 Å². The first-order valence-corrected chi connectivity index (χ1v) is 7.33. The van der Waals surface area contributed by atoms with Crippen LogP contribution in [0.4, 0.5) is 0 Å². The lowest BCUT2D eigenvalue weighted by molar-refractivity contribution is -0.121. The summed E-state index contributed by atoms with van der Waals surface area (Å²) in [6.45, 7) is 2.56. The van der Waals surface area contributed by atoms with Gasteiger partial charge in [-0.1, -0.05) is 31.3 Å². The molecule has 0 saturated heterocycles. The average Bonchev–Trinajstić information content (AvgIpc) is 2.89. The molecule has 2 rings (SSSR count). The lowest BCUT2D eigenvalue weighted by atomic mass is 10.2. The number of hydrogen-bond acceptors (Lipinski definition) is 6. The highest BCUT2D eigenvalue weighted by atomic mass is 16.5. The van der Waals surface area contributed by atoms with E-state index in [4.69, 9.17) is 0 Å². The Hall–Kier alpha value is -2.51. The fourth-order valence-electron chi connectivity index (χ4n) is 1.96. The first-order chi connectivity index (χ1) is 10.7. The molecule has 0 aliphatic carbocycles. The molecule has 8 heteroatoms. The van der Waals surface area contributed by atoms with Crippen LogP contribution in [0, 0.1) is 0 Å². The molecule has 22 heavy (non-hydrogen) atoms. The lowest BCUT2D eigenvalue weighted by Gasteiger charge is -2.06. The van der Waals surface area contributed by atoms with Gasteiger partial charge in [0.2, 0.25) is 11.7 Å². The van der Waals surface area contributed by atoms with E-state index in [9.17, 15) is 9.59 Å². The molecule has 2 aromatic heterocycles. The Labute approximate surface area is 127 Å². The smallest absolute Gasteiger partial charge is 0.355 e. The van der Waals surface area contributed by atoms with E-state index >= 15 is 0 Å². The van der Waals surface area contributed by atoms with Gasteiger partial charge in [0.25, 0.3) is 0 Å². The molecule has 0 aliphatic heterocycles. The number of rotatable bonds is 8. The normalized spacial score (nSPS) is 10.6. The molecule has 0 spiro atoms. The summed E-state index contributed by atoms with van der Waals surface area (Å²) in [5, 5.41) is 6.41. The lowest BCUT2D eigenvalue weighted by Crippen LogP contribution is -2.32. The van der Waals surface area contributed by atoms with Gasteiger partial charge in [-0.05, 0) is 12.5 Å². The number of amides is 1. The van der Waals surface area contributed by atoms with Gasteiger partial charge >= 0.3 is 5.76 Å². The van der Waals surface area contributed by atoms with Crippen LogP contribution in [0.1, 0.15) is 32.6 Å². The molecule has 0 aromatic carbocycles. The fourth-order valence-corrected chi connectivity index (χ4v) is 1.96. The largest absolute Gasteiger partial charge is 0.442 e. The summed E-state index contributed by atoms with van der Waals surface area (Å²) >= 11 is 0. The zero-order chi connectivity index (χ0) is 15.8. The number of carbonyl (C=O) groups excluding carboxylic acids is 1. The molecule has 0 atom stereocenters. The molecular weight excluding hydrogens is 286 g/mol. The Morgan fingerprint density at radius 2 is 2.05 bits per heavy atom. The number of nitrogens with one attached hydrogen (secondary N) is 1. The Bertz CT molecular complexity index is 650. The van der Waals surface area contributed by atoms with Crippen molar-refractivity contribution in [2.45, 2.75) is 39.2 Å². The highest BCUT2D eigenvalue weighted by Gasteiger charge is 2.17. The summed E-state index contributed by atoms with van der Waals surface area (Å²) in [6, 6.07) is 1.65. The molecule has 0 unspecified atom stereocenters. The van der Waals surface area contributed by atoms with Crippen molar-refractivity contribution in [3.05, 3.63) is 29.0 Å². The molecule has 8 nitrogen and oxygen atoms in total. The molecule has 118 valence electrons. The molecular formula is C14H19N5O3. The van der Waals surface area contributed by atoms with Crippen molar-refractivity contribution in [1.82, 2.24) is 25.0 Å². The second-order valence-corrected chi connectivity index (χ2v) is 4.84. The van der Waals surface area contributed by atoms with Gasteiger partial charge in [0, 0.05) is 18.9 Å². The Kier molecular flexibility index (Phi) is 5.81. The number of nitrogens with zero attached hydrogens (tertiary/aromatic N) is 4. The molecule has 0 bridgehead atoms. The molecule has 1 amide bonds. The van der Waals surface area contributed by atoms with Gasteiger partial charge in [-0.15, -0.1) is 0 Å². The van der Waals surface area contributed by atoms with Gasteiger partial charge in [-0.3, -0.25) is 9.32 Å². The molecule has 0 saturated carbocycles. The van der Waals surface area contributed by atoms with Crippen molar-refractivity contribution >= 4 is 5.91 Å². The molecule has 0 fully saturated rings. The van der Waals surface area contributed by atoms with E-state index in [-0.39, 0.29) is 24.1 Å². The summed E-state index contributed by atoms with van der Waals surface area (Å²) in [4.78, 5) is 31.6. The molecule has 1 N–H and O–H groups in total. The van der Waals surface area contributed by atoms with E-state index in [1.807, 2.05) is 0 Å². The highest BCUT2D eigenvalue weighted by Crippen LogP contribution is 2.08. The predicted molar refractivity (Wildman–Crippen MR) is 78.9 cm³/mol. The highest BCUT2D eigenvalue weighted by molar-refractivity contribution is 5.76. The number of unbranched alkanes of at least 4 members (excludes halogenated alkanes) is 3. The van der Waals surface area contributed by atoms with E-state index in [1.165, 1.54) is 12.4 Å². The number of aromatic nitrogens is 4. The van der Waals surface area contributed by atoms with Gasteiger partial charge in [-0.25, -0.2) is 19.3 Å². The van der Waals surface area contributed by atoms with E-state index in [2.05, 4.69) is 31.9 Å². The van der Waals surface area contributed by atoms with Gasteiger partial charge in [0.1, 0.15) is 6.54 Å². The van der Waals surface area contributed by atoms with Crippen molar-refractivity contribution in [2.75, 3.05) is 6.54 Å². The van der Waals surface area contributed by atoms with Crippen LogP contribution < -0.4 is 11.1 Å². The fraction of sp³-hybridized carbons (Fsp3) is 0.500. The minimum absolute atomic E-state index is 0.145. The minimum Gasteiger partial charge on any atom is -0.355 e. The van der Waals surface area contributed by atoms with Gasteiger partial charge in [-0.2, -0.15) is 0 Å². The average molecular weight is 305 g/mol. The van der Waals surface area contributed by atoms with Gasteiger partial charge in [0.05, 0.1) is 0 Å². The van der Waals surface area contributed by atoms with Crippen LogP contribution >= 0.6 is 0 Å². The van der Waals surface area contributed by atoms with E-state index < -0.39 is 5.76 Å². The van der Waals surface area contributed by atoms with Crippen molar-refractivity contribution in [1.29, 1.82) is 0 Å². The summed E-state index contributed by atoms with van der Waals surface area (Å²) < 4.78 is 5.73. The zero-order valence-corrected chi connectivity index (χ0v) is 12.5. The molecule has 0 aliphatic rings. The SMILES string of the molecule is CCCCCCNC(=O)Cn1c(-c2ncccn2)noc1=O. The monoisotopic (exact) mass is 305 g/mol. The summed E-state index contributed by atoms with van der Waals surface area (Å²) in [6.07, 6.45) is 7.35. The summed E-state index contributed by atoms with van der Waals surface area (Å²) in [5.41, 5.74) is 0. The quantitative estimate of drug-likeness (QED) is 0.729. The zero-order valence-electron chi connectivity index (χ0n) is 12.5. The van der Waals surface area contributed by atoms with Crippen LogP contribution in [0.15, 0.2) is 27.8 Å². The number of carbonyl (C=O) groups is 1. The first-order valence-electron chi connectivity index (χ1n) is 7.33. The minimum atomic E-state index is -0.705. The van der Waals surface area contributed by atoms with Crippen LogP contribution in [0.5, 0.6) is 0 Å². The summed E-state index contributed by atoms with van der Waals surface area (Å²) in [7, 11) is 0. The van der Waals surface area contributed by atoms with Crippen LogP contribution in [0.25, 0.3) is 11.6 Å². The van der Waals surface area contributed by atoms with E-state index in [0.29, 0.717) is 6.54 Å². The Morgan fingerprint density at radius 1 is 1.27 bits per heavy atom. The van der Waals surface area contributed by atoms with E-state index in [0.717, 1.165) is 30.3 Å². The van der Waals surface area contributed by atoms with Crippen molar-refractivity contribution in [3.63, 3.8) is 0 Å². The topological polar surface area (TPSA) is 103 Å². The third kappa shape index (κ3) is 4.24. The second kappa shape index (κ2) is 8.06. The Balaban J connectivity index is 1.97. The third-order valence-corrected chi connectivity index (χ3v) is 3.11. The van der Waals surface area contributed by atoms with Crippen LogP contribution in [0.3, 0.4) is 0 Å². The van der Waals surface area contributed by atoms with Crippen LogP contribution in [0.2, 0.25) is 0 Å². The standard InChI is InChI=1S/C14H19N5O3/c1-2-3-4-5-7-15-11(20)10-19-13(18-22-14(19)21)12-16-8-6-9-17-12/h6,8-9H,2-5,7,10H2,1H3,(H,15,20). The second-order valence-electron chi connectivity index (χ2n) is 4.84. The van der Waals surface area contributed by atoms with Crippen LogP contribution in [-0.4, -0.2) is 32.1 Å². The molecule has 2 heterocycles. The third-order valence-electron chi connectivity index (χ3n) is 3.11. The number of hydrogen-bond donors (Lipinski definition) is 1. The molecule has 0 radical (unpaired) electrons. The predicted octanol–water partition coefficient (Wildman–Crippen LogP) is 0.990. The Morgan fingerprint density at radius 3 is 2.77 bits per heavy atom. The van der Waals surface area contributed by atoms with Gasteiger partial charge < -0.3 is 5.32 Å². The maximum Gasteiger partial charge on any atom is 0.442 e. The van der Waals surface area contributed by atoms with E-state index in [1.54, 1.807) is 6.07 Å². The van der Waals surface area contributed by atoms with Crippen molar-refractivity contribution in [3.8, 4) is 11.6 Å².